The molecule has 0 unspecified atom stereocenters. The molecule has 16 nitrogen and oxygen atoms in total. The fraction of sp³-hybridized carbons (Fsp3) is 0.0323. The van der Waals surface area contributed by atoms with E-state index in [1.54, 1.807) is 6.92 Å². The predicted octanol–water partition coefficient (Wildman–Crippen LogP) is 1.15. The number of carboxylic acids is 3. The van der Waals surface area contributed by atoms with Crippen LogP contribution in [0.25, 0.3) is 29.2 Å². The van der Waals surface area contributed by atoms with Crippen molar-refractivity contribution in [3.63, 3.8) is 0 Å². The summed E-state index contributed by atoms with van der Waals surface area (Å²) in [5, 5.41) is 47.7. The van der Waals surface area contributed by atoms with Gasteiger partial charge in [0.15, 0.2) is 17.2 Å². The second-order valence-corrected chi connectivity index (χ2v) is 10.2. The summed E-state index contributed by atoms with van der Waals surface area (Å²) >= 11 is 0. The van der Waals surface area contributed by atoms with E-state index >= 15 is 0 Å². The Labute approximate surface area is 260 Å². The van der Waals surface area contributed by atoms with E-state index < -0.39 is 57.2 Å². The Morgan fingerprint density at radius 1 is 0.809 bits per heavy atom. The standard InChI is InChI=1S/C31H20N6O10/c1-13-18(25(38)32-23-20(13)27(40)36(34-23)16-9-5-14(6-10-16)29(42)43)3-2-4-19-21(31(46)47)22-24(33-26(19)39)35-37(28(22)41)17-11-7-15(8-12-17)30(44)45/h2-12H,1H3,(H,42,43)(H,44,45)(H,46,47)(H2,32,34,38)(H,33,35,39)/b3-2+,19-4-. The van der Waals surface area contributed by atoms with Gasteiger partial charge in [0.1, 0.15) is 5.56 Å². The molecule has 0 aliphatic carbocycles. The van der Waals surface area contributed by atoms with Crippen molar-refractivity contribution in [3.05, 3.63) is 119 Å². The van der Waals surface area contributed by atoms with Crippen LogP contribution in [0.5, 0.6) is 5.88 Å². The molecule has 3 aliphatic heterocycles. The first-order valence-electron chi connectivity index (χ1n) is 13.5. The quantitative estimate of drug-likeness (QED) is 0.148. The minimum atomic E-state index is -1.59. The molecule has 6 rings (SSSR count). The zero-order valence-corrected chi connectivity index (χ0v) is 23.9. The van der Waals surface area contributed by atoms with Crippen molar-refractivity contribution >= 4 is 41.7 Å². The van der Waals surface area contributed by atoms with Gasteiger partial charge in [-0.15, -0.1) is 10.2 Å². The van der Waals surface area contributed by atoms with Gasteiger partial charge >= 0.3 is 17.9 Å². The highest BCUT2D eigenvalue weighted by Gasteiger charge is 2.32. The van der Waals surface area contributed by atoms with Crippen molar-refractivity contribution < 1.29 is 39.6 Å². The number of aromatic hydroxyl groups is 1. The number of rotatable bonds is 7. The highest BCUT2D eigenvalue weighted by atomic mass is 16.4. The van der Waals surface area contributed by atoms with Crippen LogP contribution in [0.15, 0.2) is 69.3 Å². The summed E-state index contributed by atoms with van der Waals surface area (Å²) in [6, 6.07) is 10.5. The molecule has 3 aliphatic rings. The number of aromatic amines is 2. The fourth-order valence-electron chi connectivity index (χ4n) is 5.12. The molecule has 0 saturated carbocycles. The first kappa shape index (κ1) is 29.9. The topological polar surface area (TPSA) is 248 Å². The third-order valence-corrected chi connectivity index (χ3v) is 7.41. The Morgan fingerprint density at radius 3 is 1.98 bits per heavy atom. The first-order chi connectivity index (χ1) is 22.4. The van der Waals surface area contributed by atoms with Crippen LogP contribution in [0, 0.1) is 6.92 Å². The van der Waals surface area contributed by atoms with E-state index in [4.69, 9.17) is 10.2 Å². The summed E-state index contributed by atoms with van der Waals surface area (Å²) in [5.74, 6) is -5.15. The van der Waals surface area contributed by atoms with Gasteiger partial charge in [0, 0.05) is 5.56 Å². The van der Waals surface area contributed by atoms with Crippen molar-refractivity contribution in [2.75, 3.05) is 5.01 Å². The SMILES string of the molecule is Cc1c(/C=C/C=c2/c(C(=O)O)c3c([nH]c2=O)=NN(c2ccc(C(=O)O)cc2)C3=O)c(O)[nH]c2nn(-c3ccc(C(=O)O)cc3)c(=O)c1-2. The molecule has 0 bridgehead atoms. The normalized spacial score (nSPS) is 12.9. The van der Waals surface area contributed by atoms with Crippen LogP contribution in [0.1, 0.15) is 52.6 Å². The van der Waals surface area contributed by atoms with Gasteiger partial charge < -0.3 is 30.4 Å². The van der Waals surface area contributed by atoms with Gasteiger partial charge in [-0.05, 0) is 73.2 Å². The minimum absolute atomic E-state index is 0.0126. The van der Waals surface area contributed by atoms with Crippen molar-refractivity contribution in [1.82, 2.24) is 19.7 Å². The van der Waals surface area contributed by atoms with Gasteiger partial charge in [-0.3, -0.25) is 14.4 Å². The van der Waals surface area contributed by atoms with E-state index in [9.17, 15) is 39.0 Å². The van der Waals surface area contributed by atoms with Gasteiger partial charge in [-0.1, -0.05) is 6.08 Å². The first-order valence-corrected chi connectivity index (χ1v) is 13.5. The molecule has 6 N–H and O–H groups in total. The van der Waals surface area contributed by atoms with E-state index in [0.717, 1.165) is 15.8 Å². The van der Waals surface area contributed by atoms with Crippen molar-refractivity contribution in [2.24, 2.45) is 5.10 Å². The number of amides is 1. The molecular formula is C31H20N6O10. The molecule has 4 heterocycles. The lowest BCUT2D eigenvalue weighted by Crippen LogP contribution is -2.41. The highest BCUT2D eigenvalue weighted by Crippen LogP contribution is 2.30. The number of pyridine rings is 2. The van der Waals surface area contributed by atoms with Crippen LogP contribution in [-0.2, 0) is 0 Å². The summed E-state index contributed by atoms with van der Waals surface area (Å²) in [6.45, 7) is 1.54. The zero-order valence-electron chi connectivity index (χ0n) is 23.9. The Kier molecular flexibility index (Phi) is 7.08. The molecule has 47 heavy (non-hydrogen) atoms. The predicted molar refractivity (Wildman–Crippen MR) is 163 cm³/mol. The molecule has 2 aromatic carbocycles. The number of aromatic nitrogens is 4. The highest BCUT2D eigenvalue weighted by molar-refractivity contribution is 6.12. The fourth-order valence-corrected chi connectivity index (χ4v) is 5.12. The van der Waals surface area contributed by atoms with Gasteiger partial charge in [0.05, 0.1) is 38.8 Å². The summed E-state index contributed by atoms with van der Waals surface area (Å²) in [7, 11) is 0. The zero-order chi connectivity index (χ0) is 33.7. The minimum Gasteiger partial charge on any atom is -0.494 e. The molecule has 3 aromatic rings. The largest absolute Gasteiger partial charge is 0.494 e. The number of carboxylic acid groups (broad SMARTS) is 3. The number of carbonyl (C=O) groups is 4. The van der Waals surface area contributed by atoms with E-state index in [-0.39, 0.29) is 44.9 Å². The number of benzene rings is 2. The number of anilines is 1. The lowest BCUT2D eigenvalue weighted by atomic mass is 10.0. The number of nitrogens with zero attached hydrogens (tertiary/aromatic N) is 4. The molecule has 0 radical (unpaired) electrons. The van der Waals surface area contributed by atoms with Gasteiger partial charge in [-0.25, -0.2) is 14.4 Å². The maximum atomic E-state index is 13.3. The van der Waals surface area contributed by atoms with E-state index in [1.165, 1.54) is 60.7 Å². The van der Waals surface area contributed by atoms with Crippen LogP contribution in [-0.4, -0.2) is 64.0 Å². The molecule has 0 fully saturated rings. The second kappa shape index (κ2) is 11.1. The Bertz CT molecular complexity index is 2420. The molecule has 0 spiro atoms. The number of nitrogens with one attached hydrogen (secondary N) is 2. The van der Waals surface area contributed by atoms with E-state index in [2.05, 4.69) is 20.2 Å². The van der Waals surface area contributed by atoms with Crippen molar-refractivity contribution in [2.45, 2.75) is 6.92 Å². The maximum absolute atomic E-state index is 13.3. The van der Waals surface area contributed by atoms with Crippen molar-refractivity contribution in [3.8, 4) is 23.0 Å². The number of H-pyrrole nitrogens is 2. The van der Waals surface area contributed by atoms with Crippen LogP contribution < -0.4 is 26.8 Å². The van der Waals surface area contributed by atoms with E-state index in [0.29, 0.717) is 5.56 Å². The van der Waals surface area contributed by atoms with Crippen LogP contribution in [0.3, 0.4) is 0 Å². The average molecular weight is 637 g/mol. The number of allylic oxidation sites excluding steroid dienone is 1. The van der Waals surface area contributed by atoms with Crippen molar-refractivity contribution in [1.29, 1.82) is 0 Å². The van der Waals surface area contributed by atoms with Crippen LogP contribution in [0.4, 0.5) is 5.69 Å². The van der Waals surface area contributed by atoms with Gasteiger partial charge in [-0.2, -0.15) is 9.69 Å². The third-order valence-electron chi connectivity index (χ3n) is 7.41. The Morgan fingerprint density at radius 2 is 1.40 bits per heavy atom. The maximum Gasteiger partial charge on any atom is 0.337 e. The molecule has 1 amide bonds. The molecular weight excluding hydrogens is 616 g/mol. The Balaban J connectivity index is 1.40. The van der Waals surface area contributed by atoms with Gasteiger partial charge in [0.2, 0.25) is 0 Å². The smallest absolute Gasteiger partial charge is 0.337 e. The number of aromatic carboxylic acids is 3. The van der Waals surface area contributed by atoms with Crippen LogP contribution in [0.2, 0.25) is 0 Å². The monoisotopic (exact) mass is 636 g/mol. The summed E-state index contributed by atoms with van der Waals surface area (Å²) in [6.07, 6.45) is 3.69. The lowest BCUT2D eigenvalue weighted by Gasteiger charge is -2.12. The molecule has 0 saturated heterocycles. The second-order valence-electron chi connectivity index (χ2n) is 10.2. The lowest BCUT2D eigenvalue weighted by molar-refractivity contribution is 0.0682. The molecule has 16 heteroatoms. The molecule has 0 atom stereocenters. The summed E-state index contributed by atoms with van der Waals surface area (Å²) < 4.78 is 1.04. The van der Waals surface area contributed by atoms with E-state index in [1.807, 2.05) is 0 Å². The molecule has 1 aromatic heterocycles. The third kappa shape index (κ3) is 5.00. The summed E-state index contributed by atoms with van der Waals surface area (Å²) in [5.41, 5.74) is -1.89. The average Bonchev–Trinajstić information content (AvgIpc) is 3.54. The number of hydrogen-bond acceptors (Lipinski definition) is 9. The Hall–Kier alpha value is -7.10. The number of carbonyl (C=O) groups excluding carboxylic acids is 1. The summed E-state index contributed by atoms with van der Waals surface area (Å²) in [4.78, 5) is 79.3. The van der Waals surface area contributed by atoms with Crippen LogP contribution >= 0.6 is 0 Å². The number of fused-ring (bicyclic) bond motifs is 2. The number of hydrogen-bond donors (Lipinski definition) is 6. The molecule has 234 valence electrons. The van der Waals surface area contributed by atoms with Gasteiger partial charge in [0.25, 0.3) is 17.0 Å².